The van der Waals surface area contributed by atoms with Crippen molar-refractivity contribution in [2.24, 2.45) is 0 Å². The van der Waals surface area contributed by atoms with Gasteiger partial charge in [0.2, 0.25) is 5.75 Å². The Hall–Kier alpha value is -1.99. The Morgan fingerprint density at radius 2 is 1.59 bits per heavy atom. The minimum atomic E-state index is -1.09. The van der Waals surface area contributed by atoms with Crippen molar-refractivity contribution in [3.8, 4) is 17.2 Å². The zero-order valence-electron chi connectivity index (χ0n) is 13.1. The third-order valence-electron chi connectivity index (χ3n) is 2.68. The molecule has 7 nitrogen and oxygen atoms in total. The lowest BCUT2D eigenvalue weighted by molar-refractivity contribution is 0.0406. The van der Waals surface area contributed by atoms with Gasteiger partial charge in [-0.25, -0.2) is 4.79 Å². The number of methoxy groups -OCH3 is 2. The van der Waals surface area contributed by atoms with Crippen LogP contribution in [0.1, 0.15) is 30.1 Å². The largest absolute Gasteiger partial charge is 0.486 e. The number of unbranched alkanes of at least 4 members (excludes halogenated alkanes) is 1. The Morgan fingerprint density at radius 1 is 1.05 bits per heavy atom. The molecule has 7 heteroatoms. The monoisotopic (exact) mass is 314 g/mol. The zero-order chi connectivity index (χ0) is 16.4. The topological polar surface area (TPSA) is 83.5 Å². The zero-order valence-corrected chi connectivity index (χ0v) is 13.1. The molecule has 1 rings (SSSR count). The first kappa shape index (κ1) is 18.1. The van der Waals surface area contributed by atoms with Crippen LogP contribution >= 0.6 is 0 Å². The van der Waals surface area contributed by atoms with Crippen molar-refractivity contribution in [1.29, 1.82) is 0 Å². The molecule has 124 valence electrons. The number of benzene rings is 1. The maximum Gasteiger partial charge on any atom is 0.335 e. The summed E-state index contributed by atoms with van der Waals surface area (Å²) in [5.41, 5.74) is 0.0278. The van der Waals surface area contributed by atoms with E-state index in [9.17, 15) is 9.90 Å². The summed E-state index contributed by atoms with van der Waals surface area (Å²) in [6, 6.07) is 2.75. The SMILES string of the molecule is CCCCOc1c(OCOC)cc(C(=O)O)cc1OCOC. The average molecular weight is 314 g/mol. The van der Waals surface area contributed by atoms with Crippen LogP contribution in [0.2, 0.25) is 0 Å². The molecule has 0 spiro atoms. The van der Waals surface area contributed by atoms with Gasteiger partial charge in [-0.15, -0.1) is 0 Å². The van der Waals surface area contributed by atoms with Crippen LogP contribution in [0.15, 0.2) is 12.1 Å². The van der Waals surface area contributed by atoms with Gasteiger partial charge < -0.3 is 28.8 Å². The highest BCUT2D eigenvalue weighted by Crippen LogP contribution is 2.39. The molecule has 0 heterocycles. The van der Waals surface area contributed by atoms with E-state index in [4.69, 9.17) is 23.7 Å². The van der Waals surface area contributed by atoms with Gasteiger partial charge in [-0.2, -0.15) is 0 Å². The second kappa shape index (κ2) is 9.86. The van der Waals surface area contributed by atoms with Crippen LogP contribution in [-0.4, -0.2) is 45.5 Å². The van der Waals surface area contributed by atoms with E-state index in [1.807, 2.05) is 6.92 Å². The third kappa shape index (κ3) is 5.42. The maximum absolute atomic E-state index is 11.2. The first-order valence-corrected chi connectivity index (χ1v) is 6.91. The number of carbonyl (C=O) groups is 1. The summed E-state index contributed by atoms with van der Waals surface area (Å²) in [5, 5.41) is 9.18. The summed E-state index contributed by atoms with van der Waals surface area (Å²) in [6.45, 7) is 2.45. The summed E-state index contributed by atoms with van der Waals surface area (Å²) in [4.78, 5) is 11.2. The summed E-state index contributed by atoms with van der Waals surface area (Å²) in [6.07, 6.45) is 1.82. The van der Waals surface area contributed by atoms with Crippen LogP contribution in [0.25, 0.3) is 0 Å². The first-order valence-electron chi connectivity index (χ1n) is 6.91. The van der Waals surface area contributed by atoms with Crippen LogP contribution in [0, 0.1) is 0 Å². The smallest absolute Gasteiger partial charge is 0.335 e. The molecule has 0 aliphatic heterocycles. The number of hydrogen-bond acceptors (Lipinski definition) is 6. The van der Waals surface area contributed by atoms with Crippen LogP contribution < -0.4 is 14.2 Å². The molecule has 22 heavy (non-hydrogen) atoms. The summed E-state index contributed by atoms with van der Waals surface area (Å²) >= 11 is 0. The van der Waals surface area contributed by atoms with Crippen molar-refractivity contribution in [3.05, 3.63) is 17.7 Å². The van der Waals surface area contributed by atoms with Crippen molar-refractivity contribution in [1.82, 2.24) is 0 Å². The Morgan fingerprint density at radius 3 is 2.00 bits per heavy atom. The van der Waals surface area contributed by atoms with Crippen LogP contribution in [-0.2, 0) is 9.47 Å². The molecule has 0 unspecified atom stereocenters. The van der Waals surface area contributed by atoms with Gasteiger partial charge in [0, 0.05) is 14.2 Å². The molecule has 1 N–H and O–H groups in total. The number of carboxylic acid groups (broad SMARTS) is 1. The second-order valence-electron chi connectivity index (χ2n) is 4.41. The molecule has 0 radical (unpaired) electrons. The molecule has 0 fully saturated rings. The van der Waals surface area contributed by atoms with Gasteiger partial charge in [0.05, 0.1) is 12.2 Å². The molecule has 0 amide bonds. The predicted molar refractivity (Wildman–Crippen MR) is 78.8 cm³/mol. The molecule has 1 aromatic rings. The summed E-state index contributed by atoms with van der Waals surface area (Å²) in [5.74, 6) is -0.245. The van der Waals surface area contributed by atoms with Gasteiger partial charge in [-0.05, 0) is 18.6 Å². The minimum absolute atomic E-state index is 0.0278. The van der Waals surface area contributed by atoms with E-state index in [1.165, 1.54) is 26.4 Å². The second-order valence-corrected chi connectivity index (χ2v) is 4.41. The lowest BCUT2D eigenvalue weighted by Gasteiger charge is -2.17. The fraction of sp³-hybridized carbons (Fsp3) is 0.533. The van der Waals surface area contributed by atoms with E-state index in [2.05, 4.69) is 0 Å². The number of ether oxygens (including phenoxy) is 5. The van der Waals surface area contributed by atoms with E-state index in [0.717, 1.165) is 12.8 Å². The van der Waals surface area contributed by atoms with Gasteiger partial charge in [-0.3, -0.25) is 0 Å². The summed E-state index contributed by atoms with van der Waals surface area (Å²) < 4.78 is 26.2. The fourth-order valence-electron chi connectivity index (χ4n) is 1.62. The van der Waals surface area contributed by atoms with E-state index in [-0.39, 0.29) is 30.6 Å². The number of hydrogen-bond donors (Lipinski definition) is 1. The average Bonchev–Trinajstić information content (AvgIpc) is 2.51. The van der Waals surface area contributed by atoms with Crippen LogP contribution in [0.4, 0.5) is 0 Å². The predicted octanol–water partition coefficient (Wildman–Crippen LogP) is 2.53. The number of rotatable bonds is 11. The maximum atomic E-state index is 11.2. The highest BCUT2D eigenvalue weighted by Gasteiger charge is 2.18. The molecule has 0 aromatic heterocycles. The van der Waals surface area contributed by atoms with Gasteiger partial charge in [0.1, 0.15) is 0 Å². The molecule has 0 aliphatic rings. The van der Waals surface area contributed by atoms with Crippen molar-refractivity contribution < 1.29 is 33.6 Å². The van der Waals surface area contributed by atoms with Gasteiger partial charge in [-0.1, -0.05) is 13.3 Å². The van der Waals surface area contributed by atoms with Crippen molar-refractivity contribution >= 4 is 5.97 Å². The minimum Gasteiger partial charge on any atom is -0.486 e. The van der Waals surface area contributed by atoms with E-state index >= 15 is 0 Å². The molecule has 0 atom stereocenters. The third-order valence-corrected chi connectivity index (χ3v) is 2.68. The van der Waals surface area contributed by atoms with Gasteiger partial charge in [0.25, 0.3) is 0 Å². The lowest BCUT2D eigenvalue weighted by atomic mass is 10.2. The van der Waals surface area contributed by atoms with Gasteiger partial charge in [0.15, 0.2) is 25.1 Å². The number of carboxylic acids is 1. The van der Waals surface area contributed by atoms with Gasteiger partial charge >= 0.3 is 5.97 Å². The molecule has 0 bridgehead atoms. The summed E-state index contributed by atoms with van der Waals surface area (Å²) in [7, 11) is 2.95. The first-order chi connectivity index (χ1) is 10.6. The number of aromatic carboxylic acids is 1. The quantitative estimate of drug-likeness (QED) is 0.496. The molecular formula is C15H22O7. The van der Waals surface area contributed by atoms with Crippen molar-refractivity contribution in [2.45, 2.75) is 19.8 Å². The van der Waals surface area contributed by atoms with Crippen molar-refractivity contribution in [3.63, 3.8) is 0 Å². The Labute approximate surface area is 129 Å². The fourth-order valence-corrected chi connectivity index (χ4v) is 1.62. The Balaban J connectivity index is 3.14. The highest BCUT2D eigenvalue weighted by atomic mass is 16.7. The molecule has 0 aliphatic carbocycles. The van der Waals surface area contributed by atoms with E-state index in [0.29, 0.717) is 12.4 Å². The molecule has 1 aromatic carbocycles. The molecule has 0 saturated heterocycles. The standard InChI is InChI=1S/C15H22O7/c1-4-5-6-20-14-12(21-9-18-2)7-11(15(16)17)8-13(14)22-10-19-3/h7-8H,4-6,9-10H2,1-3H3,(H,16,17). The van der Waals surface area contributed by atoms with Crippen LogP contribution in [0.5, 0.6) is 17.2 Å². The lowest BCUT2D eigenvalue weighted by Crippen LogP contribution is -2.09. The highest BCUT2D eigenvalue weighted by molar-refractivity contribution is 5.89. The van der Waals surface area contributed by atoms with E-state index < -0.39 is 5.97 Å². The Bertz CT molecular complexity index is 444. The van der Waals surface area contributed by atoms with Crippen molar-refractivity contribution in [2.75, 3.05) is 34.4 Å². The Kier molecular flexibility index (Phi) is 8.09. The molecular weight excluding hydrogens is 292 g/mol. The van der Waals surface area contributed by atoms with E-state index in [1.54, 1.807) is 0 Å². The van der Waals surface area contributed by atoms with Crippen LogP contribution in [0.3, 0.4) is 0 Å². The normalized spacial score (nSPS) is 10.3. The molecule has 0 saturated carbocycles.